The van der Waals surface area contributed by atoms with E-state index in [2.05, 4.69) is 10.4 Å². The van der Waals surface area contributed by atoms with Crippen molar-refractivity contribution < 1.29 is 13.2 Å². The van der Waals surface area contributed by atoms with Crippen LogP contribution in [0.25, 0.3) is 5.65 Å². The van der Waals surface area contributed by atoms with E-state index < -0.39 is 11.7 Å². The number of nitrogen functional groups attached to an aromatic ring is 1. The van der Waals surface area contributed by atoms with Crippen molar-refractivity contribution in [2.24, 2.45) is 5.73 Å². The van der Waals surface area contributed by atoms with E-state index in [4.69, 9.17) is 16.5 Å². The Morgan fingerprint density at radius 1 is 1.14 bits per heavy atom. The molecule has 0 spiro atoms. The molecule has 0 saturated heterocycles. The van der Waals surface area contributed by atoms with Gasteiger partial charge in [-0.05, 0) is 50.3 Å². The van der Waals surface area contributed by atoms with Crippen LogP contribution in [0.1, 0.15) is 48.4 Å². The Labute approximate surface area is 166 Å². The number of nitrogens with one attached hydrogen (secondary N) is 1. The summed E-state index contributed by atoms with van der Waals surface area (Å²) >= 11 is 0. The van der Waals surface area contributed by atoms with Gasteiger partial charge in [-0.25, -0.2) is 9.50 Å². The molecule has 0 amide bonds. The summed E-state index contributed by atoms with van der Waals surface area (Å²) in [5.41, 5.74) is 13.6. The number of halogens is 3. The third-order valence-corrected chi connectivity index (χ3v) is 5.47. The van der Waals surface area contributed by atoms with Crippen LogP contribution in [-0.4, -0.2) is 20.6 Å². The monoisotopic (exact) mass is 404 g/mol. The zero-order chi connectivity index (χ0) is 20.8. The van der Waals surface area contributed by atoms with E-state index in [-0.39, 0.29) is 17.4 Å². The predicted octanol–water partition coefficient (Wildman–Crippen LogP) is 4.37. The molecule has 0 aliphatic heterocycles. The average Bonchev–Trinajstić information content (AvgIpc) is 3.07. The topological polar surface area (TPSA) is 94.3 Å². The van der Waals surface area contributed by atoms with Crippen LogP contribution in [-0.2, 0) is 6.18 Å². The molecular weight excluding hydrogens is 381 g/mol. The molecule has 29 heavy (non-hydrogen) atoms. The molecule has 1 aliphatic carbocycles. The van der Waals surface area contributed by atoms with Crippen LogP contribution < -0.4 is 16.8 Å². The highest BCUT2D eigenvalue weighted by Crippen LogP contribution is 2.36. The standard InChI is InChI=1S/C20H23F3N6/c1-11-2-7-14(8-15(11)20(21,22)23)26-16-9-18(25)28-29-10-17(27-19(16)29)12-3-5-13(24)6-4-12/h2,7-10,12-13,26H,3-6,24H2,1H3,(H2,25,28). The maximum absolute atomic E-state index is 13.2. The van der Waals surface area contributed by atoms with Gasteiger partial charge in [0.05, 0.1) is 23.1 Å². The fraction of sp³-hybridized carbons (Fsp3) is 0.400. The zero-order valence-corrected chi connectivity index (χ0v) is 16.0. The first-order chi connectivity index (χ1) is 13.7. The normalized spacial score (nSPS) is 20.2. The smallest absolute Gasteiger partial charge is 0.382 e. The number of benzene rings is 1. The van der Waals surface area contributed by atoms with E-state index in [9.17, 15) is 13.2 Å². The summed E-state index contributed by atoms with van der Waals surface area (Å²) in [7, 11) is 0. The van der Waals surface area contributed by atoms with E-state index in [1.807, 2.05) is 6.20 Å². The van der Waals surface area contributed by atoms with Gasteiger partial charge in [-0.3, -0.25) is 0 Å². The van der Waals surface area contributed by atoms with Gasteiger partial charge in [0.2, 0.25) is 0 Å². The number of aryl methyl sites for hydroxylation is 1. The summed E-state index contributed by atoms with van der Waals surface area (Å²) in [6.45, 7) is 1.44. The maximum Gasteiger partial charge on any atom is 0.416 e. The first-order valence-corrected chi connectivity index (χ1v) is 9.57. The second kappa shape index (κ2) is 7.22. The maximum atomic E-state index is 13.2. The Morgan fingerprint density at radius 2 is 1.86 bits per heavy atom. The molecule has 2 heterocycles. The molecule has 0 radical (unpaired) electrons. The lowest BCUT2D eigenvalue weighted by Crippen LogP contribution is -2.25. The first-order valence-electron chi connectivity index (χ1n) is 9.57. The molecule has 2 aromatic heterocycles. The van der Waals surface area contributed by atoms with E-state index >= 15 is 0 Å². The number of aromatic nitrogens is 3. The highest BCUT2D eigenvalue weighted by atomic mass is 19.4. The van der Waals surface area contributed by atoms with Crippen LogP contribution in [0.15, 0.2) is 30.5 Å². The summed E-state index contributed by atoms with van der Waals surface area (Å²) in [5.74, 6) is 0.541. The SMILES string of the molecule is Cc1ccc(Nc2cc(N)nn3cc(C4CCC(N)CC4)nc23)cc1C(F)(F)F. The third kappa shape index (κ3) is 4.00. The lowest BCUT2D eigenvalue weighted by molar-refractivity contribution is -0.138. The molecule has 0 unspecified atom stereocenters. The Hall–Kier alpha value is -2.81. The molecule has 1 saturated carbocycles. The van der Waals surface area contributed by atoms with E-state index in [0.29, 0.717) is 22.9 Å². The highest BCUT2D eigenvalue weighted by molar-refractivity contribution is 5.76. The average molecular weight is 404 g/mol. The first kappa shape index (κ1) is 19.5. The van der Waals surface area contributed by atoms with Gasteiger partial charge in [-0.1, -0.05) is 6.07 Å². The van der Waals surface area contributed by atoms with Gasteiger partial charge in [0, 0.05) is 23.7 Å². The number of nitrogens with zero attached hydrogens (tertiary/aromatic N) is 3. The van der Waals surface area contributed by atoms with Crippen molar-refractivity contribution in [1.29, 1.82) is 0 Å². The van der Waals surface area contributed by atoms with Gasteiger partial charge in [0.15, 0.2) is 5.65 Å². The highest BCUT2D eigenvalue weighted by Gasteiger charge is 2.32. The number of hydrogen-bond donors (Lipinski definition) is 3. The van der Waals surface area contributed by atoms with Crippen LogP contribution in [0.3, 0.4) is 0 Å². The number of alkyl halides is 3. The second-order valence-electron chi connectivity index (χ2n) is 7.68. The number of anilines is 3. The fourth-order valence-electron chi connectivity index (χ4n) is 3.88. The van der Waals surface area contributed by atoms with Crippen LogP contribution in [0.5, 0.6) is 0 Å². The molecule has 4 rings (SSSR count). The molecule has 0 bridgehead atoms. The summed E-state index contributed by atoms with van der Waals surface area (Å²) in [6, 6.07) is 5.95. The fourth-order valence-corrected chi connectivity index (χ4v) is 3.88. The molecule has 1 aliphatic rings. The van der Waals surface area contributed by atoms with Crippen LogP contribution >= 0.6 is 0 Å². The lowest BCUT2D eigenvalue weighted by Gasteiger charge is -2.24. The van der Waals surface area contributed by atoms with E-state index in [1.165, 1.54) is 13.0 Å². The molecule has 9 heteroatoms. The van der Waals surface area contributed by atoms with Crippen LogP contribution in [0.2, 0.25) is 0 Å². The van der Waals surface area contributed by atoms with Gasteiger partial charge in [0.25, 0.3) is 0 Å². The number of imidazole rings is 1. The van der Waals surface area contributed by atoms with Gasteiger partial charge in [0.1, 0.15) is 5.82 Å². The Morgan fingerprint density at radius 3 is 2.55 bits per heavy atom. The second-order valence-corrected chi connectivity index (χ2v) is 7.68. The van der Waals surface area contributed by atoms with Crippen molar-refractivity contribution in [2.45, 2.75) is 50.7 Å². The summed E-state index contributed by atoms with van der Waals surface area (Å²) < 4.78 is 41.3. The summed E-state index contributed by atoms with van der Waals surface area (Å²) in [6.07, 6.45) is 1.23. The quantitative estimate of drug-likeness (QED) is 0.603. The van der Waals surface area contributed by atoms with Crippen LogP contribution in [0, 0.1) is 6.92 Å². The predicted molar refractivity (Wildman–Crippen MR) is 106 cm³/mol. The molecular formula is C20H23F3N6. The largest absolute Gasteiger partial charge is 0.416 e. The van der Waals surface area contributed by atoms with Crippen molar-refractivity contribution in [2.75, 3.05) is 11.1 Å². The Bertz CT molecular complexity index is 1030. The van der Waals surface area contributed by atoms with Gasteiger partial charge in [-0.2, -0.15) is 13.2 Å². The minimum Gasteiger partial charge on any atom is -0.382 e. The Kier molecular flexibility index (Phi) is 4.85. The zero-order valence-electron chi connectivity index (χ0n) is 16.0. The minimum atomic E-state index is -4.42. The van der Waals surface area contributed by atoms with Gasteiger partial charge >= 0.3 is 6.18 Å². The molecule has 6 nitrogen and oxygen atoms in total. The number of nitrogens with two attached hydrogens (primary N) is 2. The van der Waals surface area contributed by atoms with Crippen molar-refractivity contribution in [3.63, 3.8) is 0 Å². The molecule has 5 N–H and O–H groups in total. The van der Waals surface area contributed by atoms with E-state index in [1.54, 1.807) is 16.6 Å². The number of hydrogen-bond acceptors (Lipinski definition) is 5. The third-order valence-electron chi connectivity index (χ3n) is 5.47. The molecule has 1 fully saturated rings. The number of rotatable bonds is 3. The molecule has 1 aromatic carbocycles. The minimum absolute atomic E-state index is 0.168. The molecule has 0 atom stereocenters. The molecule has 3 aromatic rings. The van der Waals surface area contributed by atoms with Gasteiger partial charge in [-0.15, -0.1) is 5.10 Å². The lowest BCUT2D eigenvalue weighted by atomic mass is 9.85. The van der Waals surface area contributed by atoms with Crippen LogP contribution in [0.4, 0.5) is 30.4 Å². The number of fused-ring (bicyclic) bond motifs is 1. The van der Waals surface area contributed by atoms with Crippen molar-refractivity contribution in [3.8, 4) is 0 Å². The molecule has 154 valence electrons. The van der Waals surface area contributed by atoms with Crippen molar-refractivity contribution in [1.82, 2.24) is 14.6 Å². The Balaban J connectivity index is 1.69. The summed E-state index contributed by atoms with van der Waals surface area (Å²) in [5, 5.41) is 7.29. The van der Waals surface area contributed by atoms with Gasteiger partial charge < -0.3 is 16.8 Å². The van der Waals surface area contributed by atoms with Crippen molar-refractivity contribution >= 4 is 22.8 Å². The summed E-state index contributed by atoms with van der Waals surface area (Å²) in [4.78, 5) is 4.71. The van der Waals surface area contributed by atoms with Crippen molar-refractivity contribution in [3.05, 3.63) is 47.3 Å². The van der Waals surface area contributed by atoms with E-state index in [0.717, 1.165) is 37.4 Å².